The number of nitrogens with zero attached hydrogens (tertiary/aromatic N) is 2. The second kappa shape index (κ2) is 9.82. The van der Waals surface area contributed by atoms with E-state index in [0.717, 1.165) is 56.1 Å². The van der Waals surface area contributed by atoms with Crippen molar-refractivity contribution < 1.29 is 4.74 Å². The molecule has 0 saturated carbocycles. The van der Waals surface area contributed by atoms with Crippen molar-refractivity contribution in [3.8, 4) is 0 Å². The summed E-state index contributed by atoms with van der Waals surface area (Å²) in [5, 5.41) is 6.98. The first-order valence-corrected chi connectivity index (χ1v) is 9.09. The van der Waals surface area contributed by atoms with Crippen molar-refractivity contribution in [3.05, 3.63) is 28.7 Å². The zero-order valence-electron chi connectivity index (χ0n) is 14.0. The van der Waals surface area contributed by atoms with Gasteiger partial charge < -0.3 is 20.3 Å². The minimum absolute atomic E-state index is 0. The van der Waals surface area contributed by atoms with Crippen LogP contribution in [0, 0.1) is 5.92 Å². The molecule has 7 heteroatoms. The first kappa shape index (κ1) is 19.8. The van der Waals surface area contributed by atoms with Gasteiger partial charge in [0.15, 0.2) is 5.96 Å². The van der Waals surface area contributed by atoms with E-state index in [1.54, 1.807) is 0 Å². The van der Waals surface area contributed by atoms with Crippen molar-refractivity contribution in [1.29, 1.82) is 0 Å². The number of hydrogen-bond acceptors (Lipinski definition) is 3. The molecule has 0 bridgehead atoms. The number of ether oxygens (including phenoxy) is 1. The lowest BCUT2D eigenvalue weighted by molar-refractivity contribution is 0.186. The number of benzene rings is 1. The Kier molecular flexibility index (Phi) is 8.09. The standard InChI is InChI=1S/C17H25BrN4O.HI/c1-19-17(20-10-13-7-9-23-12-13)21-15-6-8-22(11-15)16-4-2-14(18)3-5-16;/h2-5,13,15H,6-12H2,1H3,(H2,19,20,21);1H. The van der Waals surface area contributed by atoms with Crippen LogP contribution in [-0.4, -0.2) is 51.9 Å². The van der Waals surface area contributed by atoms with Gasteiger partial charge in [0.25, 0.3) is 0 Å². The van der Waals surface area contributed by atoms with Crippen molar-refractivity contribution in [2.45, 2.75) is 18.9 Å². The van der Waals surface area contributed by atoms with Crippen LogP contribution in [0.3, 0.4) is 0 Å². The molecule has 134 valence electrons. The predicted molar refractivity (Wildman–Crippen MR) is 114 cm³/mol. The molecule has 3 rings (SSSR count). The minimum atomic E-state index is 0. The Bertz CT molecular complexity index is 534. The fraction of sp³-hybridized carbons (Fsp3) is 0.588. The van der Waals surface area contributed by atoms with Gasteiger partial charge >= 0.3 is 0 Å². The number of guanidine groups is 1. The van der Waals surface area contributed by atoms with E-state index in [1.165, 1.54) is 5.69 Å². The van der Waals surface area contributed by atoms with Crippen molar-refractivity contribution in [1.82, 2.24) is 10.6 Å². The molecule has 2 atom stereocenters. The van der Waals surface area contributed by atoms with Crippen LogP contribution in [0.5, 0.6) is 0 Å². The molecular formula is C17H26BrIN4O. The molecule has 5 nitrogen and oxygen atoms in total. The smallest absolute Gasteiger partial charge is 0.191 e. The van der Waals surface area contributed by atoms with Crippen LogP contribution in [0.15, 0.2) is 33.7 Å². The monoisotopic (exact) mass is 508 g/mol. The zero-order valence-corrected chi connectivity index (χ0v) is 17.9. The lowest BCUT2D eigenvalue weighted by atomic mass is 10.1. The number of nitrogens with one attached hydrogen (secondary N) is 2. The molecular weight excluding hydrogens is 483 g/mol. The van der Waals surface area contributed by atoms with Gasteiger partial charge in [0, 0.05) is 55.4 Å². The SMILES string of the molecule is CN=C(NCC1CCOC1)NC1CCN(c2ccc(Br)cc2)C1.I. The van der Waals surface area contributed by atoms with Gasteiger partial charge in [-0.05, 0) is 37.1 Å². The van der Waals surface area contributed by atoms with E-state index in [2.05, 4.69) is 60.7 Å². The van der Waals surface area contributed by atoms with Crippen LogP contribution in [0.1, 0.15) is 12.8 Å². The molecule has 1 aromatic rings. The van der Waals surface area contributed by atoms with Gasteiger partial charge in [-0.3, -0.25) is 4.99 Å². The molecule has 0 radical (unpaired) electrons. The van der Waals surface area contributed by atoms with E-state index >= 15 is 0 Å². The van der Waals surface area contributed by atoms with Gasteiger partial charge in [-0.2, -0.15) is 0 Å². The third-order valence-electron chi connectivity index (χ3n) is 4.53. The molecule has 2 fully saturated rings. The third kappa shape index (κ3) is 5.49. The van der Waals surface area contributed by atoms with Crippen molar-refractivity contribution in [3.63, 3.8) is 0 Å². The Balaban J connectivity index is 0.00000208. The molecule has 2 N–H and O–H groups in total. The maximum Gasteiger partial charge on any atom is 0.191 e. The highest BCUT2D eigenvalue weighted by Gasteiger charge is 2.24. The van der Waals surface area contributed by atoms with Crippen LogP contribution in [0.4, 0.5) is 5.69 Å². The summed E-state index contributed by atoms with van der Waals surface area (Å²) in [5.74, 6) is 1.51. The molecule has 1 aromatic carbocycles. The molecule has 24 heavy (non-hydrogen) atoms. The van der Waals surface area contributed by atoms with E-state index in [0.29, 0.717) is 12.0 Å². The molecule has 2 saturated heterocycles. The Labute approximate surface area is 169 Å². The fourth-order valence-corrected chi connectivity index (χ4v) is 3.40. The van der Waals surface area contributed by atoms with E-state index < -0.39 is 0 Å². The van der Waals surface area contributed by atoms with Crippen LogP contribution >= 0.6 is 39.9 Å². The Morgan fingerprint density at radius 1 is 1.33 bits per heavy atom. The normalized spacial score (nSPS) is 23.9. The van der Waals surface area contributed by atoms with Gasteiger partial charge in [0.1, 0.15) is 0 Å². The van der Waals surface area contributed by atoms with Crippen molar-refractivity contribution >= 4 is 51.6 Å². The number of anilines is 1. The van der Waals surface area contributed by atoms with Crippen LogP contribution in [0.2, 0.25) is 0 Å². The zero-order chi connectivity index (χ0) is 16.1. The fourth-order valence-electron chi connectivity index (χ4n) is 3.14. The van der Waals surface area contributed by atoms with Crippen molar-refractivity contribution in [2.75, 3.05) is 44.8 Å². The van der Waals surface area contributed by atoms with Gasteiger partial charge in [0.05, 0.1) is 6.61 Å². The summed E-state index contributed by atoms with van der Waals surface area (Å²) in [7, 11) is 1.84. The Hall–Kier alpha value is -0.540. The topological polar surface area (TPSA) is 48.9 Å². The second-order valence-electron chi connectivity index (χ2n) is 6.24. The quantitative estimate of drug-likeness (QED) is 0.373. The summed E-state index contributed by atoms with van der Waals surface area (Å²) in [5.41, 5.74) is 1.28. The van der Waals surface area contributed by atoms with Gasteiger partial charge in [-0.1, -0.05) is 15.9 Å². The molecule has 2 aliphatic rings. The molecule has 0 spiro atoms. The average molecular weight is 509 g/mol. The molecule has 2 unspecified atom stereocenters. The minimum Gasteiger partial charge on any atom is -0.381 e. The first-order chi connectivity index (χ1) is 11.2. The largest absolute Gasteiger partial charge is 0.381 e. The number of aliphatic imine (C=N–C) groups is 1. The highest BCUT2D eigenvalue weighted by atomic mass is 127. The van der Waals surface area contributed by atoms with E-state index in [9.17, 15) is 0 Å². The maximum absolute atomic E-state index is 5.42. The molecule has 0 aliphatic carbocycles. The summed E-state index contributed by atoms with van der Waals surface area (Å²) in [6.07, 6.45) is 2.27. The highest BCUT2D eigenvalue weighted by molar-refractivity contribution is 14.0. The van der Waals surface area contributed by atoms with Gasteiger partial charge in [0.2, 0.25) is 0 Å². The summed E-state index contributed by atoms with van der Waals surface area (Å²) < 4.78 is 6.54. The molecule has 0 aromatic heterocycles. The number of rotatable bonds is 4. The maximum atomic E-state index is 5.42. The lowest BCUT2D eigenvalue weighted by Gasteiger charge is -2.21. The summed E-state index contributed by atoms with van der Waals surface area (Å²) in [6.45, 7) is 4.78. The molecule has 2 heterocycles. The molecule has 2 aliphatic heterocycles. The van der Waals surface area contributed by atoms with Crippen molar-refractivity contribution in [2.24, 2.45) is 10.9 Å². The Morgan fingerprint density at radius 3 is 2.79 bits per heavy atom. The average Bonchev–Trinajstić information content (AvgIpc) is 3.24. The predicted octanol–water partition coefficient (Wildman–Crippen LogP) is 2.85. The third-order valence-corrected chi connectivity index (χ3v) is 5.06. The van der Waals surface area contributed by atoms with E-state index in [4.69, 9.17) is 4.74 Å². The second-order valence-corrected chi connectivity index (χ2v) is 7.15. The van der Waals surface area contributed by atoms with Gasteiger partial charge in [-0.25, -0.2) is 0 Å². The van der Waals surface area contributed by atoms with E-state index in [1.807, 2.05) is 7.05 Å². The van der Waals surface area contributed by atoms with Crippen LogP contribution in [-0.2, 0) is 4.74 Å². The highest BCUT2D eigenvalue weighted by Crippen LogP contribution is 2.22. The molecule has 0 amide bonds. The van der Waals surface area contributed by atoms with Gasteiger partial charge in [-0.15, -0.1) is 24.0 Å². The lowest BCUT2D eigenvalue weighted by Crippen LogP contribution is -2.46. The summed E-state index contributed by atoms with van der Waals surface area (Å²) >= 11 is 3.49. The summed E-state index contributed by atoms with van der Waals surface area (Å²) in [4.78, 5) is 6.77. The van der Waals surface area contributed by atoms with Crippen LogP contribution < -0.4 is 15.5 Å². The number of halogens is 2. The van der Waals surface area contributed by atoms with E-state index in [-0.39, 0.29) is 24.0 Å². The first-order valence-electron chi connectivity index (χ1n) is 8.30. The Morgan fingerprint density at radius 2 is 2.12 bits per heavy atom. The number of hydrogen-bond donors (Lipinski definition) is 2. The summed E-state index contributed by atoms with van der Waals surface area (Å²) in [6, 6.07) is 8.96. The van der Waals surface area contributed by atoms with Crippen LogP contribution in [0.25, 0.3) is 0 Å².